The topological polar surface area (TPSA) is 61.4 Å². The first-order chi connectivity index (χ1) is 8.91. The molecule has 6 heteroatoms. The Balaban J connectivity index is 1.89. The van der Waals surface area contributed by atoms with E-state index in [1.54, 1.807) is 4.31 Å². The molecule has 2 rings (SSSR count). The second kappa shape index (κ2) is 6.08. The number of rotatable bonds is 4. The maximum atomic E-state index is 12.3. The lowest BCUT2D eigenvalue weighted by Crippen LogP contribution is -2.50. The van der Waals surface area contributed by atoms with Crippen molar-refractivity contribution in [2.75, 3.05) is 32.7 Å². The summed E-state index contributed by atoms with van der Waals surface area (Å²) in [6.07, 6.45) is 4.31. The lowest BCUT2D eigenvalue weighted by atomic mass is 9.83. The summed E-state index contributed by atoms with van der Waals surface area (Å²) in [7, 11) is -3.30. The predicted octanol–water partition coefficient (Wildman–Crippen LogP) is 0.942. The molecule has 19 heavy (non-hydrogen) atoms. The van der Waals surface area contributed by atoms with Gasteiger partial charge in [0.2, 0.25) is 0 Å². The van der Waals surface area contributed by atoms with Gasteiger partial charge in [0, 0.05) is 26.2 Å². The van der Waals surface area contributed by atoms with Gasteiger partial charge in [0.25, 0.3) is 10.2 Å². The maximum Gasteiger partial charge on any atom is 0.279 e. The van der Waals surface area contributed by atoms with E-state index in [0.29, 0.717) is 25.6 Å². The van der Waals surface area contributed by atoms with Gasteiger partial charge in [-0.1, -0.05) is 13.8 Å². The van der Waals surface area contributed by atoms with Crippen molar-refractivity contribution in [3.63, 3.8) is 0 Å². The van der Waals surface area contributed by atoms with Gasteiger partial charge in [-0.15, -0.1) is 0 Å². The Morgan fingerprint density at radius 2 is 2.21 bits per heavy atom. The minimum atomic E-state index is -3.30. The Morgan fingerprint density at radius 3 is 2.84 bits per heavy atom. The molecule has 2 aliphatic heterocycles. The molecule has 2 N–H and O–H groups in total. The summed E-state index contributed by atoms with van der Waals surface area (Å²) >= 11 is 0. The zero-order chi connectivity index (χ0) is 13.9. The van der Waals surface area contributed by atoms with Crippen LogP contribution in [-0.4, -0.2) is 45.4 Å². The molecule has 112 valence electrons. The number of nitrogens with zero attached hydrogens (tertiary/aromatic N) is 1. The van der Waals surface area contributed by atoms with Gasteiger partial charge in [0.05, 0.1) is 0 Å². The van der Waals surface area contributed by atoms with Crippen LogP contribution in [0.4, 0.5) is 0 Å². The second-order valence-corrected chi connectivity index (χ2v) is 8.28. The molecule has 0 bridgehead atoms. The minimum absolute atomic E-state index is 0.0483. The third-order valence-electron chi connectivity index (χ3n) is 4.33. The van der Waals surface area contributed by atoms with Crippen LogP contribution in [-0.2, 0) is 10.2 Å². The predicted molar refractivity (Wildman–Crippen MR) is 77.1 cm³/mol. The molecule has 2 fully saturated rings. The van der Waals surface area contributed by atoms with E-state index < -0.39 is 10.2 Å². The molecule has 2 heterocycles. The van der Waals surface area contributed by atoms with Crippen molar-refractivity contribution in [3.05, 3.63) is 0 Å². The van der Waals surface area contributed by atoms with Gasteiger partial charge in [0.15, 0.2) is 0 Å². The van der Waals surface area contributed by atoms with Crippen molar-refractivity contribution in [2.24, 2.45) is 11.3 Å². The highest BCUT2D eigenvalue weighted by Crippen LogP contribution is 2.25. The van der Waals surface area contributed by atoms with Crippen molar-refractivity contribution in [1.82, 2.24) is 14.3 Å². The summed E-state index contributed by atoms with van der Waals surface area (Å²) in [4.78, 5) is 0. The van der Waals surface area contributed by atoms with Crippen LogP contribution in [0.15, 0.2) is 0 Å². The molecule has 0 aliphatic carbocycles. The average molecular weight is 289 g/mol. The first kappa shape index (κ1) is 15.2. The van der Waals surface area contributed by atoms with E-state index in [1.807, 2.05) is 0 Å². The largest absolute Gasteiger partial charge is 0.316 e. The van der Waals surface area contributed by atoms with E-state index in [1.165, 1.54) is 0 Å². The monoisotopic (exact) mass is 289 g/mol. The van der Waals surface area contributed by atoms with Crippen molar-refractivity contribution in [3.8, 4) is 0 Å². The molecule has 0 aromatic carbocycles. The SMILES string of the molecule is CC1CCCN(S(=O)(=O)NCC2(C)CCCNC2)C1. The molecule has 2 atom stereocenters. The number of hydrogen-bond acceptors (Lipinski definition) is 3. The van der Waals surface area contributed by atoms with E-state index in [4.69, 9.17) is 0 Å². The van der Waals surface area contributed by atoms with Gasteiger partial charge in [-0.3, -0.25) is 0 Å². The third kappa shape index (κ3) is 4.15. The van der Waals surface area contributed by atoms with E-state index in [0.717, 1.165) is 38.8 Å². The molecular weight excluding hydrogens is 262 g/mol. The van der Waals surface area contributed by atoms with Crippen LogP contribution >= 0.6 is 0 Å². The summed E-state index contributed by atoms with van der Waals surface area (Å²) in [5, 5.41) is 3.35. The Hall–Kier alpha value is -0.170. The summed E-state index contributed by atoms with van der Waals surface area (Å²) < 4.78 is 29.1. The fourth-order valence-corrected chi connectivity index (χ4v) is 4.52. The average Bonchev–Trinajstić information content (AvgIpc) is 2.38. The van der Waals surface area contributed by atoms with Crippen molar-refractivity contribution < 1.29 is 8.42 Å². The first-order valence-corrected chi connectivity index (χ1v) is 8.81. The Morgan fingerprint density at radius 1 is 1.42 bits per heavy atom. The van der Waals surface area contributed by atoms with Gasteiger partial charge in [-0.05, 0) is 43.6 Å². The summed E-state index contributed by atoms with van der Waals surface area (Å²) in [5.41, 5.74) is 0.0483. The van der Waals surface area contributed by atoms with Crippen LogP contribution in [0.2, 0.25) is 0 Å². The number of hydrogen-bond donors (Lipinski definition) is 2. The van der Waals surface area contributed by atoms with Crippen molar-refractivity contribution in [1.29, 1.82) is 0 Å². The van der Waals surface area contributed by atoms with Crippen LogP contribution in [0.3, 0.4) is 0 Å². The first-order valence-electron chi connectivity index (χ1n) is 7.37. The van der Waals surface area contributed by atoms with Gasteiger partial charge >= 0.3 is 0 Å². The molecular formula is C13H27N3O2S. The zero-order valence-corrected chi connectivity index (χ0v) is 12.9. The summed E-state index contributed by atoms with van der Waals surface area (Å²) in [6, 6.07) is 0. The fraction of sp³-hybridized carbons (Fsp3) is 1.00. The van der Waals surface area contributed by atoms with E-state index >= 15 is 0 Å². The van der Waals surface area contributed by atoms with Crippen LogP contribution in [0, 0.1) is 11.3 Å². The van der Waals surface area contributed by atoms with Crippen molar-refractivity contribution >= 4 is 10.2 Å². The van der Waals surface area contributed by atoms with Gasteiger partial charge in [-0.2, -0.15) is 12.7 Å². The molecule has 2 aliphatic rings. The quantitative estimate of drug-likeness (QED) is 0.810. The van der Waals surface area contributed by atoms with Gasteiger partial charge in [0.1, 0.15) is 0 Å². The van der Waals surface area contributed by atoms with Crippen LogP contribution < -0.4 is 10.0 Å². The molecule has 2 unspecified atom stereocenters. The van der Waals surface area contributed by atoms with Gasteiger partial charge in [-0.25, -0.2) is 4.72 Å². The second-order valence-electron chi connectivity index (χ2n) is 6.52. The van der Waals surface area contributed by atoms with Crippen LogP contribution in [0.1, 0.15) is 39.5 Å². The molecule has 0 aromatic rings. The van der Waals surface area contributed by atoms with E-state index in [-0.39, 0.29) is 5.41 Å². The van der Waals surface area contributed by atoms with E-state index in [2.05, 4.69) is 23.9 Å². The lowest BCUT2D eigenvalue weighted by Gasteiger charge is -2.36. The Kier molecular flexibility index (Phi) is 4.87. The highest BCUT2D eigenvalue weighted by molar-refractivity contribution is 7.87. The van der Waals surface area contributed by atoms with Crippen LogP contribution in [0.25, 0.3) is 0 Å². The fourth-order valence-electron chi connectivity index (χ4n) is 2.99. The standard InChI is InChI=1S/C13H27N3O2S/c1-12-5-3-8-16(9-12)19(17,18)15-11-13(2)6-4-7-14-10-13/h12,14-15H,3-11H2,1-2H3. The minimum Gasteiger partial charge on any atom is -0.316 e. The normalized spacial score (nSPS) is 34.3. The molecule has 0 amide bonds. The highest BCUT2D eigenvalue weighted by atomic mass is 32.2. The van der Waals surface area contributed by atoms with Crippen LogP contribution in [0.5, 0.6) is 0 Å². The van der Waals surface area contributed by atoms with E-state index in [9.17, 15) is 8.42 Å². The molecule has 0 saturated carbocycles. The molecule has 0 spiro atoms. The zero-order valence-electron chi connectivity index (χ0n) is 12.1. The molecule has 0 radical (unpaired) electrons. The molecule has 0 aromatic heterocycles. The van der Waals surface area contributed by atoms with Gasteiger partial charge < -0.3 is 5.32 Å². The number of nitrogens with one attached hydrogen (secondary N) is 2. The Labute approximate surface area is 117 Å². The summed E-state index contributed by atoms with van der Waals surface area (Å²) in [6.45, 7) is 8.07. The lowest BCUT2D eigenvalue weighted by molar-refractivity contribution is 0.232. The third-order valence-corrected chi connectivity index (χ3v) is 5.85. The smallest absolute Gasteiger partial charge is 0.279 e. The molecule has 5 nitrogen and oxygen atoms in total. The number of piperidine rings is 2. The molecule has 2 saturated heterocycles. The Bertz CT molecular complexity index is 391. The maximum absolute atomic E-state index is 12.3. The highest BCUT2D eigenvalue weighted by Gasteiger charge is 2.31. The van der Waals surface area contributed by atoms with Crippen molar-refractivity contribution in [2.45, 2.75) is 39.5 Å². The summed E-state index contributed by atoms with van der Waals surface area (Å²) in [5.74, 6) is 0.470.